The SMILES string of the molecule is FC(F)(F)Sc1ccccc1C#Cc1ccc(Br)cc1. The van der Waals surface area contributed by atoms with Crippen molar-refractivity contribution in [3.63, 3.8) is 0 Å². The van der Waals surface area contributed by atoms with Gasteiger partial charge in [0.2, 0.25) is 0 Å². The van der Waals surface area contributed by atoms with Gasteiger partial charge in [-0.1, -0.05) is 39.9 Å². The third-order valence-corrected chi connectivity index (χ3v) is 3.63. The van der Waals surface area contributed by atoms with Gasteiger partial charge < -0.3 is 0 Å². The fourth-order valence-corrected chi connectivity index (χ4v) is 2.35. The van der Waals surface area contributed by atoms with Crippen LogP contribution in [0, 0.1) is 11.8 Å². The van der Waals surface area contributed by atoms with Crippen LogP contribution in [-0.4, -0.2) is 5.51 Å². The Hall–Kier alpha value is -1.38. The summed E-state index contributed by atoms with van der Waals surface area (Å²) < 4.78 is 38.2. The van der Waals surface area contributed by atoms with E-state index in [1.54, 1.807) is 30.3 Å². The molecule has 0 spiro atoms. The Morgan fingerprint density at radius 2 is 1.55 bits per heavy atom. The van der Waals surface area contributed by atoms with Gasteiger partial charge in [0, 0.05) is 20.5 Å². The first-order valence-electron chi connectivity index (χ1n) is 5.56. The van der Waals surface area contributed by atoms with Gasteiger partial charge >= 0.3 is 5.51 Å². The van der Waals surface area contributed by atoms with E-state index in [1.165, 1.54) is 6.07 Å². The van der Waals surface area contributed by atoms with Crippen molar-refractivity contribution in [1.29, 1.82) is 0 Å². The number of alkyl halides is 3. The monoisotopic (exact) mass is 356 g/mol. The molecule has 0 nitrogen and oxygen atoms in total. The molecular weight excluding hydrogens is 349 g/mol. The first-order valence-corrected chi connectivity index (χ1v) is 7.17. The zero-order valence-corrected chi connectivity index (χ0v) is 12.4. The molecule has 0 aliphatic rings. The molecule has 0 saturated heterocycles. The molecule has 0 amide bonds. The Labute approximate surface area is 127 Å². The summed E-state index contributed by atoms with van der Waals surface area (Å²) >= 11 is 3.16. The fraction of sp³-hybridized carbons (Fsp3) is 0.0667. The molecule has 2 aromatic rings. The molecule has 0 fully saturated rings. The second-order valence-corrected chi connectivity index (χ2v) is 5.82. The summed E-state index contributed by atoms with van der Waals surface area (Å²) in [6.07, 6.45) is 0. The zero-order valence-electron chi connectivity index (χ0n) is 10.0. The molecule has 102 valence electrons. The number of benzene rings is 2. The number of hydrogen-bond acceptors (Lipinski definition) is 1. The molecule has 2 rings (SSSR count). The summed E-state index contributed by atoms with van der Waals surface area (Å²) in [6, 6.07) is 13.5. The summed E-state index contributed by atoms with van der Waals surface area (Å²) in [4.78, 5) is 0.115. The second kappa shape index (κ2) is 6.38. The molecule has 0 unspecified atom stereocenters. The van der Waals surface area contributed by atoms with Crippen LogP contribution < -0.4 is 0 Å². The van der Waals surface area contributed by atoms with Crippen LogP contribution in [0.1, 0.15) is 11.1 Å². The lowest BCUT2D eigenvalue weighted by Crippen LogP contribution is -2.00. The maximum absolute atomic E-state index is 12.4. The molecule has 2 aromatic carbocycles. The van der Waals surface area contributed by atoms with E-state index in [1.807, 2.05) is 12.1 Å². The Bertz CT molecular complexity index is 651. The largest absolute Gasteiger partial charge is 0.446 e. The predicted molar refractivity (Wildman–Crippen MR) is 78.5 cm³/mol. The summed E-state index contributed by atoms with van der Waals surface area (Å²) in [6.45, 7) is 0. The predicted octanol–water partition coefficient (Wildman–Crippen LogP) is 5.46. The maximum Gasteiger partial charge on any atom is 0.446 e. The van der Waals surface area contributed by atoms with E-state index in [9.17, 15) is 13.2 Å². The van der Waals surface area contributed by atoms with Gasteiger partial charge in [-0.05, 0) is 48.2 Å². The van der Waals surface area contributed by atoms with Gasteiger partial charge in [0.05, 0.1) is 0 Å². The van der Waals surface area contributed by atoms with E-state index >= 15 is 0 Å². The van der Waals surface area contributed by atoms with Crippen molar-refractivity contribution in [1.82, 2.24) is 0 Å². The topological polar surface area (TPSA) is 0 Å². The van der Waals surface area contributed by atoms with E-state index in [-0.39, 0.29) is 16.7 Å². The Balaban J connectivity index is 2.28. The van der Waals surface area contributed by atoms with Gasteiger partial charge in [-0.25, -0.2) is 0 Å². The van der Waals surface area contributed by atoms with Gasteiger partial charge in [-0.3, -0.25) is 0 Å². The normalized spacial score (nSPS) is 10.8. The molecule has 0 saturated carbocycles. The van der Waals surface area contributed by atoms with E-state index in [4.69, 9.17) is 0 Å². The lowest BCUT2D eigenvalue weighted by atomic mass is 10.2. The molecule has 5 heteroatoms. The second-order valence-electron chi connectivity index (χ2n) is 3.80. The van der Waals surface area contributed by atoms with E-state index in [2.05, 4.69) is 27.8 Å². The van der Waals surface area contributed by atoms with Crippen LogP contribution in [0.2, 0.25) is 0 Å². The third-order valence-electron chi connectivity index (χ3n) is 2.30. The number of rotatable bonds is 1. The van der Waals surface area contributed by atoms with E-state index in [0.29, 0.717) is 5.56 Å². The van der Waals surface area contributed by atoms with Crippen LogP contribution in [-0.2, 0) is 0 Å². The smallest absolute Gasteiger partial charge is 0.160 e. The average Bonchev–Trinajstić information content (AvgIpc) is 2.38. The Kier molecular flexibility index (Phi) is 4.79. The van der Waals surface area contributed by atoms with Gasteiger partial charge in [0.1, 0.15) is 0 Å². The Morgan fingerprint density at radius 1 is 0.900 bits per heavy atom. The molecule has 0 aliphatic carbocycles. The lowest BCUT2D eigenvalue weighted by Gasteiger charge is -2.06. The molecular formula is C15H8BrF3S. The average molecular weight is 357 g/mol. The number of thioether (sulfide) groups is 1. The molecule has 20 heavy (non-hydrogen) atoms. The highest BCUT2D eigenvalue weighted by molar-refractivity contribution is 9.10. The van der Waals surface area contributed by atoms with Gasteiger partial charge in [0.25, 0.3) is 0 Å². The lowest BCUT2D eigenvalue weighted by molar-refractivity contribution is -0.0328. The van der Waals surface area contributed by atoms with Crippen molar-refractivity contribution in [3.8, 4) is 11.8 Å². The van der Waals surface area contributed by atoms with Crippen molar-refractivity contribution < 1.29 is 13.2 Å². The standard InChI is InChI=1S/C15H8BrF3S/c16-13-9-6-11(7-10-13)5-8-12-3-1-2-4-14(12)20-15(17,18)19/h1-4,6-7,9-10H. The molecule has 0 bridgehead atoms. The van der Waals surface area contributed by atoms with Crippen molar-refractivity contribution in [2.75, 3.05) is 0 Å². The van der Waals surface area contributed by atoms with Gasteiger partial charge in [-0.2, -0.15) is 13.2 Å². The number of halogens is 4. The number of hydrogen-bond donors (Lipinski definition) is 0. The first kappa shape index (κ1) is 15.0. The zero-order chi connectivity index (χ0) is 14.6. The summed E-state index contributed by atoms with van der Waals surface area (Å²) in [5.41, 5.74) is -3.19. The molecule has 0 aliphatic heterocycles. The fourth-order valence-electron chi connectivity index (χ4n) is 1.46. The highest BCUT2D eigenvalue weighted by Crippen LogP contribution is 2.38. The van der Waals surface area contributed by atoms with E-state index in [0.717, 1.165) is 10.0 Å². The van der Waals surface area contributed by atoms with Crippen molar-refractivity contribution in [3.05, 3.63) is 64.1 Å². The highest BCUT2D eigenvalue weighted by Gasteiger charge is 2.30. The summed E-state index contributed by atoms with van der Waals surface area (Å²) in [7, 11) is 0. The van der Waals surface area contributed by atoms with Crippen LogP contribution >= 0.6 is 27.7 Å². The van der Waals surface area contributed by atoms with Crippen molar-refractivity contribution >= 4 is 27.7 Å². The minimum atomic E-state index is -4.31. The van der Waals surface area contributed by atoms with Crippen molar-refractivity contribution in [2.24, 2.45) is 0 Å². The summed E-state index contributed by atoms with van der Waals surface area (Å²) in [5, 5.41) is 0. The van der Waals surface area contributed by atoms with Crippen LogP contribution in [0.4, 0.5) is 13.2 Å². The first-order chi connectivity index (χ1) is 9.44. The van der Waals surface area contributed by atoms with Crippen molar-refractivity contribution in [2.45, 2.75) is 10.4 Å². The minimum Gasteiger partial charge on any atom is -0.160 e. The molecule has 0 heterocycles. The van der Waals surface area contributed by atoms with Gasteiger partial charge in [-0.15, -0.1) is 0 Å². The maximum atomic E-state index is 12.4. The molecule has 0 aromatic heterocycles. The van der Waals surface area contributed by atoms with Crippen LogP contribution in [0.3, 0.4) is 0 Å². The molecule has 0 radical (unpaired) electrons. The summed E-state index contributed by atoms with van der Waals surface area (Å²) in [5.74, 6) is 5.65. The highest BCUT2D eigenvalue weighted by atomic mass is 79.9. The minimum absolute atomic E-state index is 0.115. The third kappa shape index (κ3) is 4.62. The Morgan fingerprint density at radius 3 is 2.20 bits per heavy atom. The van der Waals surface area contributed by atoms with Crippen LogP contribution in [0.15, 0.2) is 57.9 Å². The van der Waals surface area contributed by atoms with E-state index < -0.39 is 5.51 Å². The van der Waals surface area contributed by atoms with Crippen LogP contribution in [0.25, 0.3) is 0 Å². The van der Waals surface area contributed by atoms with Crippen LogP contribution in [0.5, 0.6) is 0 Å². The van der Waals surface area contributed by atoms with Gasteiger partial charge in [0.15, 0.2) is 0 Å². The molecule has 0 atom stereocenters. The quantitative estimate of drug-likeness (QED) is 0.482. The molecule has 0 N–H and O–H groups in total.